The highest BCUT2D eigenvalue weighted by molar-refractivity contribution is 5.50. The molecule has 0 amide bonds. The first-order valence-electron chi connectivity index (χ1n) is 8.21. The Labute approximate surface area is 142 Å². The van der Waals surface area contributed by atoms with Crippen molar-refractivity contribution in [2.24, 2.45) is 0 Å². The van der Waals surface area contributed by atoms with Crippen LogP contribution in [-0.2, 0) is 0 Å². The first-order chi connectivity index (χ1) is 11.8. The highest BCUT2D eigenvalue weighted by atomic mass is 16.5. The quantitative estimate of drug-likeness (QED) is 0.806. The molecule has 0 saturated carbocycles. The van der Waals surface area contributed by atoms with Crippen LogP contribution >= 0.6 is 0 Å². The lowest BCUT2D eigenvalue weighted by Gasteiger charge is -2.40. The lowest BCUT2D eigenvalue weighted by atomic mass is 10.1. The van der Waals surface area contributed by atoms with Gasteiger partial charge in [0.25, 0.3) is 5.88 Å². The summed E-state index contributed by atoms with van der Waals surface area (Å²) in [6.07, 6.45) is 6.75. The molecule has 1 saturated heterocycles. The summed E-state index contributed by atoms with van der Waals surface area (Å²) in [7, 11) is 0. The fraction of sp³-hybridized carbons (Fsp3) is 0.471. The number of nitrogens with one attached hydrogen (secondary N) is 1. The number of aromatic nitrogens is 3. The van der Waals surface area contributed by atoms with Gasteiger partial charge in [-0.3, -0.25) is 4.98 Å². The summed E-state index contributed by atoms with van der Waals surface area (Å²) in [5, 5.41) is 3.42. The molecule has 2 atom stereocenters. The normalized spacial score (nSPS) is 20.7. The summed E-state index contributed by atoms with van der Waals surface area (Å²) in [6.45, 7) is 7.01. The Morgan fingerprint density at radius 3 is 2.58 bits per heavy atom. The van der Waals surface area contributed by atoms with Crippen molar-refractivity contribution in [2.75, 3.05) is 31.2 Å². The largest absolute Gasteiger partial charge is 0.488 e. The van der Waals surface area contributed by atoms with Crippen LogP contribution < -0.4 is 19.7 Å². The molecule has 0 radical (unpaired) electrons. The van der Waals surface area contributed by atoms with Crippen molar-refractivity contribution in [1.82, 2.24) is 20.3 Å². The lowest BCUT2D eigenvalue weighted by molar-refractivity contribution is 0.210. The number of ether oxygens (including phenoxy) is 2. The number of hydrogen-bond donors (Lipinski definition) is 1. The van der Waals surface area contributed by atoms with Gasteiger partial charge in [0.15, 0.2) is 5.82 Å². The number of pyridine rings is 1. The predicted molar refractivity (Wildman–Crippen MR) is 91.5 cm³/mol. The zero-order chi connectivity index (χ0) is 16.8. The number of hydrogen-bond acceptors (Lipinski definition) is 7. The third kappa shape index (κ3) is 3.91. The van der Waals surface area contributed by atoms with Gasteiger partial charge in [0.05, 0.1) is 6.20 Å². The van der Waals surface area contributed by atoms with E-state index in [1.54, 1.807) is 24.8 Å². The molecule has 0 bridgehead atoms. The van der Waals surface area contributed by atoms with E-state index in [2.05, 4.69) is 39.0 Å². The van der Waals surface area contributed by atoms with Crippen LogP contribution in [0.5, 0.6) is 11.6 Å². The molecule has 2 aromatic heterocycles. The van der Waals surface area contributed by atoms with E-state index in [0.717, 1.165) is 24.7 Å². The van der Waals surface area contributed by atoms with E-state index < -0.39 is 0 Å². The summed E-state index contributed by atoms with van der Waals surface area (Å²) >= 11 is 0. The third-order valence-electron chi connectivity index (χ3n) is 3.95. The average Bonchev–Trinajstić information content (AvgIpc) is 2.61. The van der Waals surface area contributed by atoms with Crippen LogP contribution in [-0.4, -0.2) is 53.3 Å². The number of piperazine rings is 1. The third-order valence-corrected chi connectivity index (χ3v) is 3.95. The molecular formula is C17H23N5O2. The van der Waals surface area contributed by atoms with Crippen LogP contribution in [0.3, 0.4) is 0 Å². The van der Waals surface area contributed by atoms with E-state index >= 15 is 0 Å². The maximum atomic E-state index is 5.83. The molecule has 2 aromatic rings. The van der Waals surface area contributed by atoms with Gasteiger partial charge in [0, 0.05) is 43.8 Å². The molecule has 3 heterocycles. The van der Waals surface area contributed by atoms with Crippen molar-refractivity contribution in [2.45, 2.75) is 25.9 Å². The second-order valence-electron chi connectivity index (χ2n) is 5.83. The number of rotatable bonds is 6. The van der Waals surface area contributed by atoms with E-state index in [-0.39, 0.29) is 0 Å². The monoisotopic (exact) mass is 329 g/mol. The Morgan fingerprint density at radius 1 is 1.08 bits per heavy atom. The molecule has 1 unspecified atom stereocenters. The Morgan fingerprint density at radius 2 is 1.83 bits per heavy atom. The van der Waals surface area contributed by atoms with Gasteiger partial charge in [0.1, 0.15) is 19.0 Å². The van der Waals surface area contributed by atoms with E-state index in [9.17, 15) is 0 Å². The van der Waals surface area contributed by atoms with Gasteiger partial charge in [0.2, 0.25) is 0 Å². The summed E-state index contributed by atoms with van der Waals surface area (Å²) in [5.41, 5.74) is 0. The fourth-order valence-corrected chi connectivity index (χ4v) is 2.88. The van der Waals surface area contributed by atoms with Gasteiger partial charge in [-0.1, -0.05) is 0 Å². The molecule has 1 aliphatic heterocycles. The van der Waals surface area contributed by atoms with Crippen molar-refractivity contribution in [3.63, 3.8) is 0 Å². The Balaban J connectivity index is 1.61. The summed E-state index contributed by atoms with van der Waals surface area (Å²) in [5.74, 6) is 2.07. The van der Waals surface area contributed by atoms with Crippen LogP contribution in [0, 0.1) is 0 Å². The zero-order valence-electron chi connectivity index (χ0n) is 14.1. The number of nitrogens with zero attached hydrogens (tertiary/aromatic N) is 4. The number of anilines is 1. The van der Waals surface area contributed by atoms with Crippen LogP contribution in [0.2, 0.25) is 0 Å². The molecule has 3 rings (SSSR count). The maximum absolute atomic E-state index is 5.83. The second-order valence-corrected chi connectivity index (χ2v) is 5.83. The van der Waals surface area contributed by atoms with Gasteiger partial charge in [-0.05, 0) is 26.0 Å². The van der Waals surface area contributed by atoms with Crippen molar-refractivity contribution in [1.29, 1.82) is 0 Å². The molecule has 7 heteroatoms. The highest BCUT2D eigenvalue weighted by Crippen LogP contribution is 2.27. The molecule has 0 spiro atoms. The Kier molecular flexibility index (Phi) is 5.43. The van der Waals surface area contributed by atoms with Gasteiger partial charge >= 0.3 is 0 Å². The van der Waals surface area contributed by atoms with Gasteiger partial charge in [-0.2, -0.15) is 0 Å². The Hall–Kier alpha value is -2.41. The van der Waals surface area contributed by atoms with Crippen molar-refractivity contribution in [3.8, 4) is 11.6 Å². The van der Waals surface area contributed by atoms with Crippen LogP contribution in [0.4, 0.5) is 5.82 Å². The van der Waals surface area contributed by atoms with E-state index in [1.165, 1.54) is 0 Å². The summed E-state index contributed by atoms with van der Waals surface area (Å²) in [6, 6.07) is 4.37. The first kappa shape index (κ1) is 16.4. The topological polar surface area (TPSA) is 72.4 Å². The predicted octanol–water partition coefficient (Wildman–Crippen LogP) is 1.52. The standard InChI is InChI=1S/C17H23N5O2/c1-13-10-19-11-14(2)22(13)16-17(21-7-6-20-16)24-9-8-23-15-4-3-5-18-12-15/h3-7,12-14,19H,8-11H2,1-2H3/t13-,14?/m0/s1. The molecule has 24 heavy (non-hydrogen) atoms. The molecular weight excluding hydrogens is 306 g/mol. The second kappa shape index (κ2) is 7.92. The van der Waals surface area contributed by atoms with Gasteiger partial charge in [-0.15, -0.1) is 0 Å². The minimum atomic E-state index is 0.333. The van der Waals surface area contributed by atoms with Crippen molar-refractivity contribution >= 4 is 5.82 Å². The minimum Gasteiger partial charge on any atom is -0.488 e. The molecule has 0 aliphatic carbocycles. The zero-order valence-corrected chi connectivity index (χ0v) is 14.1. The van der Waals surface area contributed by atoms with E-state index in [1.807, 2.05) is 12.1 Å². The SMILES string of the molecule is CC1CNC[C@H](C)N1c1nccnc1OCCOc1cccnc1. The molecule has 0 aromatic carbocycles. The van der Waals surface area contributed by atoms with Crippen LogP contribution in [0.25, 0.3) is 0 Å². The average molecular weight is 329 g/mol. The van der Waals surface area contributed by atoms with Gasteiger partial charge < -0.3 is 19.7 Å². The molecule has 7 nitrogen and oxygen atoms in total. The minimum absolute atomic E-state index is 0.333. The van der Waals surface area contributed by atoms with Crippen LogP contribution in [0.1, 0.15) is 13.8 Å². The smallest absolute Gasteiger partial charge is 0.257 e. The highest BCUT2D eigenvalue weighted by Gasteiger charge is 2.28. The summed E-state index contributed by atoms with van der Waals surface area (Å²) in [4.78, 5) is 15.1. The summed E-state index contributed by atoms with van der Waals surface area (Å²) < 4.78 is 11.4. The first-order valence-corrected chi connectivity index (χ1v) is 8.21. The fourth-order valence-electron chi connectivity index (χ4n) is 2.88. The molecule has 1 fully saturated rings. The Bertz CT molecular complexity index is 630. The van der Waals surface area contributed by atoms with Gasteiger partial charge in [-0.25, -0.2) is 9.97 Å². The lowest BCUT2D eigenvalue weighted by Crippen LogP contribution is -2.55. The van der Waals surface area contributed by atoms with E-state index in [4.69, 9.17) is 9.47 Å². The van der Waals surface area contributed by atoms with Crippen LogP contribution in [0.15, 0.2) is 36.9 Å². The molecule has 1 aliphatic rings. The molecule has 128 valence electrons. The van der Waals surface area contributed by atoms with Crippen molar-refractivity contribution in [3.05, 3.63) is 36.9 Å². The van der Waals surface area contributed by atoms with E-state index in [0.29, 0.717) is 31.2 Å². The van der Waals surface area contributed by atoms with Crippen molar-refractivity contribution < 1.29 is 9.47 Å². The molecule has 1 N–H and O–H groups in total. The maximum Gasteiger partial charge on any atom is 0.257 e.